The van der Waals surface area contributed by atoms with E-state index < -0.39 is 0 Å². The summed E-state index contributed by atoms with van der Waals surface area (Å²) in [6.45, 7) is 1.96. The van der Waals surface area contributed by atoms with E-state index in [1.165, 1.54) is 8.45 Å². The summed E-state index contributed by atoms with van der Waals surface area (Å²) in [5, 5.41) is 7.11. The molecule has 2 aromatic heterocycles. The number of hydrazine groups is 1. The molecule has 2 heterocycles. The molecule has 4 nitrogen and oxygen atoms in total. The first-order valence-electron chi connectivity index (χ1n) is 5.41. The Balaban J connectivity index is 2.25. The van der Waals surface area contributed by atoms with Gasteiger partial charge in [0.15, 0.2) is 0 Å². The van der Waals surface area contributed by atoms with Gasteiger partial charge in [-0.3, -0.25) is 16.0 Å². The van der Waals surface area contributed by atoms with E-state index in [0.29, 0.717) is 5.15 Å². The molecular weight excluding hydrogens is 383 g/mol. The maximum atomic E-state index is 6.24. The number of aryl methyl sites for hydroxylation is 2. The zero-order valence-electron chi connectivity index (χ0n) is 10.1. The third kappa shape index (κ3) is 2.88. The van der Waals surface area contributed by atoms with Crippen molar-refractivity contribution in [3.8, 4) is 0 Å². The lowest BCUT2D eigenvalue weighted by atomic mass is 10.0. The molecular formula is C11H14ClIN4S. The van der Waals surface area contributed by atoms with Crippen molar-refractivity contribution in [3.63, 3.8) is 0 Å². The van der Waals surface area contributed by atoms with Crippen LogP contribution in [0.4, 0.5) is 0 Å². The predicted molar refractivity (Wildman–Crippen MR) is 83.8 cm³/mol. The zero-order valence-corrected chi connectivity index (χ0v) is 13.8. The topological polar surface area (TPSA) is 55.9 Å². The summed E-state index contributed by atoms with van der Waals surface area (Å²) in [5.41, 5.74) is 6.03. The van der Waals surface area contributed by atoms with Gasteiger partial charge >= 0.3 is 0 Å². The lowest BCUT2D eigenvalue weighted by Crippen LogP contribution is -2.29. The predicted octanol–water partition coefficient (Wildman–Crippen LogP) is 2.80. The molecule has 0 saturated carbocycles. The van der Waals surface area contributed by atoms with Crippen molar-refractivity contribution < 1.29 is 0 Å². The van der Waals surface area contributed by atoms with Crippen LogP contribution in [0.25, 0.3) is 0 Å². The molecule has 0 bridgehead atoms. The van der Waals surface area contributed by atoms with Crippen LogP contribution in [-0.4, -0.2) is 9.78 Å². The quantitative estimate of drug-likeness (QED) is 0.475. The molecule has 0 aliphatic rings. The molecule has 7 heteroatoms. The van der Waals surface area contributed by atoms with Crippen LogP contribution < -0.4 is 11.3 Å². The van der Waals surface area contributed by atoms with Gasteiger partial charge in [0.05, 0.1) is 14.6 Å². The number of nitrogens with two attached hydrogens (primary N) is 1. The fraction of sp³-hybridized carbons (Fsp3) is 0.364. The van der Waals surface area contributed by atoms with Crippen LogP contribution in [0.5, 0.6) is 0 Å². The Labute approximate surface area is 129 Å². The van der Waals surface area contributed by atoms with Crippen molar-refractivity contribution in [2.75, 3.05) is 0 Å². The highest BCUT2D eigenvalue weighted by atomic mass is 127. The number of thiophene rings is 1. The number of hydrogen-bond donors (Lipinski definition) is 2. The van der Waals surface area contributed by atoms with E-state index in [0.717, 1.165) is 17.7 Å². The maximum absolute atomic E-state index is 6.24. The highest BCUT2D eigenvalue weighted by molar-refractivity contribution is 14.1. The van der Waals surface area contributed by atoms with Crippen LogP contribution in [0.3, 0.4) is 0 Å². The molecule has 0 aliphatic heterocycles. The molecule has 98 valence electrons. The second-order valence-corrected chi connectivity index (χ2v) is 7.25. The third-order valence-corrected chi connectivity index (χ3v) is 5.15. The summed E-state index contributed by atoms with van der Waals surface area (Å²) in [6, 6.07) is 2.19. The minimum atomic E-state index is 0.0603. The van der Waals surface area contributed by atoms with Crippen LogP contribution in [0, 0.1) is 9.81 Å². The van der Waals surface area contributed by atoms with E-state index in [4.69, 9.17) is 17.4 Å². The average molecular weight is 397 g/mol. The number of aromatic nitrogens is 2. The zero-order chi connectivity index (χ0) is 13.3. The molecule has 1 atom stereocenters. The van der Waals surface area contributed by atoms with Gasteiger partial charge in [-0.05, 0) is 52.9 Å². The number of nitrogens with zero attached hydrogens (tertiary/aromatic N) is 2. The van der Waals surface area contributed by atoms with Gasteiger partial charge in [-0.1, -0.05) is 11.6 Å². The largest absolute Gasteiger partial charge is 0.271 e. The lowest BCUT2D eigenvalue weighted by molar-refractivity contribution is 0.552. The highest BCUT2D eigenvalue weighted by Crippen LogP contribution is 2.28. The van der Waals surface area contributed by atoms with Crippen molar-refractivity contribution in [3.05, 3.63) is 36.3 Å². The van der Waals surface area contributed by atoms with E-state index >= 15 is 0 Å². The summed E-state index contributed by atoms with van der Waals surface area (Å²) in [5.74, 6) is 5.65. The third-order valence-electron chi connectivity index (χ3n) is 2.87. The van der Waals surface area contributed by atoms with E-state index in [1.807, 2.05) is 14.0 Å². The van der Waals surface area contributed by atoms with Gasteiger partial charge in [-0.15, -0.1) is 11.3 Å². The van der Waals surface area contributed by atoms with Gasteiger partial charge in [0.1, 0.15) is 5.15 Å². The molecule has 1 unspecified atom stereocenters. The molecule has 0 aromatic carbocycles. The molecule has 0 spiro atoms. The van der Waals surface area contributed by atoms with Gasteiger partial charge < -0.3 is 0 Å². The van der Waals surface area contributed by atoms with Crippen LogP contribution in [0.15, 0.2) is 11.4 Å². The van der Waals surface area contributed by atoms with E-state index in [9.17, 15) is 0 Å². The number of halogens is 2. The van der Waals surface area contributed by atoms with Crippen LogP contribution in [0.2, 0.25) is 5.15 Å². The molecule has 0 radical (unpaired) electrons. The molecule has 0 amide bonds. The standard InChI is InChI=1S/C11H14ClIN4S/c1-6-8(11(12)17(2)16-6)4-9(15-14)7-3-10(13)18-5-7/h3,5,9,15H,4,14H2,1-2H3. The van der Waals surface area contributed by atoms with Crippen molar-refractivity contribution in [1.82, 2.24) is 15.2 Å². The van der Waals surface area contributed by atoms with E-state index in [1.54, 1.807) is 16.0 Å². The van der Waals surface area contributed by atoms with E-state index in [2.05, 4.69) is 44.6 Å². The Kier molecular flexibility index (Phi) is 4.65. The Morgan fingerprint density at radius 1 is 1.67 bits per heavy atom. The number of rotatable bonds is 4. The Hall–Kier alpha value is -0.150. The average Bonchev–Trinajstić information content (AvgIpc) is 2.84. The number of hydrogen-bond acceptors (Lipinski definition) is 4. The molecule has 0 saturated heterocycles. The molecule has 2 aromatic rings. The van der Waals surface area contributed by atoms with Gasteiger partial charge in [0.2, 0.25) is 0 Å². The summed E-state index contributed by atoms with van der Waals surface area (Å²) in [4.78, 5) is 0. The molecule has 0 fully saturated rings. The SMILES string of the molecule is Cc1nn(C)c(Cl)c1CC(NN)c1csc(I)c1. The van der Waals surface area contributed by atoms with Gasteiger partial charge in [-0.2, -0.15) is 5.10 Å². The van der Waals surface area contributed by atoms with Crippen LogP contribution in [0.1, 0.15) is 22.9 Å². The maximum Gasteiger partial charge on any atom is 0.130 e. The monoisotopic (exact) mass is 396 g/mol. The fourth-order valence-corrected chi connectivity index (χ4v) is 3.57. The van der Waals surface area contributed by atoms with E-state index in [-0.39, 0.29) is 6.04 Å². The van der Waals surface area contributed by atoms with Crippen molar-refractivity contribution in [2.24, 2.45) is 12.9 Å². The first-order chi connectivity index (χ1) is 8.52. The number of nitrogens with one attached hydrogen (secondary N) is 1. The minimum Gasteiger partial charge on any atom is -0.271 e. The summed E-state index contributed by atoms with van der Waals surface area (Å²) in [7, 11) is 1.84. The normalized spacial score (nSPS) is 12.9. The first kappa shape index (κ1) is 14.3. The van der Waals surface area contributed by atoms with Crippen molar-refractivity contribution >= 4 is 45.5 Å². The van der Waals surface area contributed by atoms with Crippen LogP contribution in [-0.2, 0) is 13.5 Å². The van der Waals surface area contributed by atoms with Crippen molar-refractivity contribution in [2.45, 2.75) is 19.4 Å². The first-order valence-corrected chi connectivity index (χ1v) is 7.74. The smallest absolute Gasteiger partial charge is 0.130 e. The second-order valence-electron chi connectivity index (χ2n) is 4.09. The highest BCUT2D eigenvalue weighted by Gasteiger charge is 2.18. The van der Waals surface area contributed by atoms with Gasteiger partial charge in [0.25, 0.3) is 0 Å². The Bertz CT molecular complexity index is 551. The van der Waals surface area contributed by atoms with Crippen LogP contribution >= 0.6 is 45.5 Å². The van der Waals surface area contributed by atoms with Gasteiger partial charge in [0, 0.05) is 12.6 Å². The summed E-state index contributed by atoms with van der Waals surface area (Å²) < 4.78 is 2.94. The summed E-state index contributed by atoms with van der Waals surface area (Å²) >= 11 is 10.3. The fourth-order valence-electron chi connectivity index (χ4n) is 1.89. The lowest BCUT2D eigenvalue weighted by Gasteiger charge is -2.14. The molecule has 18 heavy (non-hydrogen) atoms. The minimum absolute atomic E-state index is 0.0603. The summed E-state index contributed by atoms with van der Waals surface area (Å²) in [6.07, 6.45) is 0.738. The van der Waals surface area contributed by atoms with Crippen molar-refractivity contribution in [1.29, 1.82) is 0 Å². The molecule has 3 N–H and O–H groups in total. The Morgan fingerprint density at radius 3 is 2.83 bits per heavy atom. The van der Waals surface area contributed by atoms with Gasteiger partial charge in [-0.25, -0.2) is 0 Å². The second kappa shape index (κ2) is 5.87. The molecule has 0 aliphatic carbocycles. The Morgan fingerprint density at radius 2 is 2.39 bits per heavy atom. The molecule has 2 rings (SSSR count).